The van der Waals surface area contributed by atoms with Crippen LogP contribution in [0.3, 0.4) is 0 Å². The smallest absolute Gasteiger partial charge is 0.275 e. The molecule has 0 bridgehead atoms. The van der Waals surface area contributed by atoms with E-state index in [1.54, 1.807) is 11.8 Å². The average molecular weight is 241 g/mol. The first-order chi connectivity index (χ1) is 7.68. The van der Waals surface area contributed by atoms with Crippen LogP contribution in [0.25, 0.3) is 0 Å². The monoisotopic (exact) mass is 241 g/mol. The van der Waals surface area contributed by atoms with Crippen molar-refractivity contribution >= 4 is 17.7 Å². The van der Waals surface area contributed by atoms with E-state index in [9.17, 15) is 4.79 Å². The summed E-state index contributed by atoms with van der Waals surface area (Å²) in [6.45, 7) is 3.34. The van der Waals surface area contributed by atoms with Crippen molar-refractivity contribution in [1.29, 1.82) is 0 Å². The summed E-state index contributed by atoms with van der Waals surface area (Å²) in [6, 6.07) is -0.279. The van der Waals surface area contributed by atoms with Gasteiger partial charge in [0.05, 0.1) is 6.04 Å². The van der Waals surface area contributed by atoms with E-state index < -0.39 is 0 Å². The van der Waals surface area contributed by atoms with E-state index in [0.29, 0.717) is 11.6 Å². The minimum atomic E-state index is -0.279. The summed E-state index contributed by atoms with van der Waals surface area (Å²) in [7, 11) is 0. The first kappa shape index (κ1) is 11.5. The molecule has 1 saturated heterocycles. The molecule has 5 nitrogen and oxygen atoms in total. The lowest BCUT2D eigenvalue weighted by Gasteiger charge is -2.25. The van der Waals surface area contributed by atoms with Gasteiger partial charge in [-0.25, -0.2) is 4.98 Å². The molecule has 0 radical (unpaired) electrons. The molecule has 1 aromatic rings. The predicted molar refractivity (Wildman–Crippen MR) is 62.3 cm³/mol. The second-order valence-corrected chi connectivity index (χ2v) is 4.99. The van der Waals surface area contributed by atoms with E-state index in [1.807, 2.05) is 11.8 Å². The van der Waals surface area contributed by atoms with Crippen LogP contribution in [0.1, 0.15) is 29.3 Å². The molecule has 2 N–H and O–H groups in total. The second-order valence-electron chi connectivity index (χ2n) is 3.76. The number of carbonyl (C=O) groups excluding carboxylic acids is 1. The minimum absolute atomic E-state index is 0.0593. The maximum absolute atomic E-state index is 12.0. The summed E-state index contributed by atoms with van der Waals surface area (Å²) < 4.78 is 5.15. The molecule has 1 aliphatic rings. The normalized spacial score (nSPS) is 18.5. The Bertz CT molecular complexity index is 372. The quantitative estimate of drug-likeness (QED) is 0.832. The lowest BCUT2D eigenvalue weighted by atomic mass is 10.3. The number of nitrogens with zero attached hydrogens (tertiary/aromatic N) is 2. The van der Waals surface area contributed by atoms with Gasteiger partial charge in [0.15, 0.2) is 5.69 Å². The summed E-state index contributed by atoms with van der Waals surface area (Å²) in [5.74, 6) is 2.33. The lowest BCUT2D eigenvalue weighted by Crippen LogP contribution is -2.38. The topological polar surface area (TPSA) is 72.4 Å². The number of oxazole rings is 1. The molecule has 0 aromatic carbocycles. The highest BCUT2D eigenvalue weighted by Gasteiger charge is 2.22. The number of amides is 1. The zero-order valence-corrected chi connectivity index (χ0v) is 10.00. The van der Waals surface area contributed by atoms with Crippen LogP contribution in [-0.4, -0.2) is 40.4 Å². The van der Waals surface area contributed by atoms with Crippen molar-refractivity contribution < 1.29 is 9.21 Å². The van der Waals surface area contributed by atoms with Gasteiger partial charge in [-0.3, -0.25) is 4.79 Å². The molecule has 6 heteroatoms. The van der Waals surface area contributed by atoms with Gasteiger partial charge >= 0.3 is 0 Å². The number of carbonyl (C=O) groups is 1. The van der Waals surface area contributed by atoms with E-state index in [2.05, 4.69) is 4.98 Å². The molecule has 1 fully saturated rings. The first-order valence-corrected chi connectivity index (χ1v) is 6.42. The largest absolute Gasteiger partial charge is 0.446 e. The highest BCUT2D eigenvalue weighted by molar-refractivity contribution is 7.99. The van der Waals surface area contributed by atoms with Crippen molar-refractivity contribution in [1.82, 2.24) is 9.88 Å². The van der Waals surface area contributed by atoms with Gasteiger partial charge in [0, 0.05) is 24.6 Å². The van der Waals surface area contributed by atoms with Crippen molar-refractivity contribution in [3.05, 3.63) is 17.8 Å². The summed E-state index contributed by atoms with van der Waals surface area (Å²) in [5.41, 5.74) is 5.98. The Morgan fingerprint density at radius 2 is 2.31 bits per heavy atom. The molecule has 2 rings (SSSR count). The molecule has 0 aliphatic carbocycles. The zero-order valence-electron chi connectivity index (χ0n) is 9.18. The van der Waals surface area contributed by atoms with Crippen molar-refractivity contribution in [3.63, 3.8) is 0 Å². The first-order valence-electron chi connectivity index (χ1n) is 5.26. The molecule has 1 aromatic heterocycles. The summed E-state index contributed by atoms with van der Waals surface area (Å²) >= 11 is 1.86. The number of thioether (sulfide) groups is 1. The van der Waals surface area contributed by atoms with Gasteiger partial charge in [0.1, 0.15) is 6.26 Å². The molecule has 1 aliphatic heterocycles. The Morgan fingerprint density at radius 1 is 1.62 bits per heavy atom. The van der Waals surface area contributed by atoms with Gasteiger partial charge in [-0.2, -0.15) is 11.8 Å². The van der Waals surface area contributed by atoms with Gasteiger partial charge in [-0.15, -0.1) is 0 Å². The summed E-state index contributed by atoms with van der Waals surface area (Å²) in [4.78, 5) is 17.9. The van der Waals surface area contributed by atoms with Gasteiger partial charge in [0.2, 0.25) is 5.89 Å². The maximum atomic E-state index is 12.0. The van der Waals surface area contributed by atoms with Crippen LogP contribution >= 0.6 is 11.8 Å². The van der Waals surface area contributed by atoms with E-state index in [1.165, 1.54) is 6.26 Å². The van der Waals surface area contributed by atoms with E-state index >= 15 is 0 Å². The highest BCUT2D eigenvalue weighted by Crippen LogP contribution is 2.14. The number of rotatable bonds is 2. The van der Waals surface area contributed by atoms with Crippen LogP contribution in [0.2, 0.25) is 0 Å². The van der Waals surface area contributed by atoms with Crippen molar-refractivity contribution in [3.8, 4) is 0 Å². The van der Waals surface area contributed by atoms with E-state index in [4.69, 9.17) is 10.2 Å². The molecular formula is C10H15N3O2S. The molecular weight excluding hydrogens is 226 g/mol. The van der Waals surface area contributed by atoms with Crippen LogP contribution < -0.4 is 5.73 Å². The number of aromatic nitrogens is 1. The number of nitrogens with two attached hydrogens (primary N) is 1. The number of hydrogen-bond donors (Lipinski definition) is 1. The fraction of sp³-hybridized carbons (Fsp3) is 0.600. The molecule has 0 saturated carbocycles. The van der Waals surface area contributed by atoms with Crippen molar-refractivity contribution in [2.24, 2.45) is 5.73 Å². The van der Waals surface area contributed by atoms with Crippen molar-refractivity contribution in [2.45, 2.75) is 13.0 Å². The Hall–Kier alpha value is -1.01. The molecule has 0 spiro atoms. The SMILES string of the molecule is CC(N)c1nc(C(=O)N2CCSCC2)co1. The third kappa shape index (κ3) is 2.38. The fourth-order valence-electron chi connectivity index (χ4n) is 1.52. The Balaban J connectivity index is 2.07. The lowest BCUT2D eigenvalue weighted by molar-refractivity contribution is 0.0766. The van der Waals surface area contributed by atoms with Crippen LogP contribution in [0.5, 0.6) is 0 Å². The van der Waals surface area contributed by atoms with Gasteiger partial charge in [-0.05, 0) is 6.92 Å². The number of hydrogen-bond acceptors (Lipinski definition) is 5. The van der Waals surface area contributed by atoms with Crippen molar-refractivity contribution in [2.75, 3.05) is 24.6 Å². The van der Waals surface area contributed by atoms with Crippen LogP contribution in [0.15, 0.2) is 10.7 Å². The van der Waals surface area contributed by atoms with Crippen LogP contribution in [-0.2, 0) is 0 Å². The van der Waals surface area contributed by atoms with Gasteiger partial charge < -0.3 is 15.1 Å². The maximum Gasteiger partial charge on any atom is 0.275 e. The minimum Gasteiger partial charge on any atom is -0.446 e. The highest BCUT2D eigenvalue weighted by atomic mass is 32.2. The summed E-state index contributed by atoms with van der Waals surface area (Å²) in [5, 5.41) is 0. The third-order valence-corrected chi connectivity index (χ3v) is 3.37. The van der Waals surface area contributed by atoms with Crippen LogP contribution in [0, 0.1) is 0 Å². The predicted octanol–water partition coefficient (Wildman–Crippen LogP) is 0.883. The average Bonchev–Trinajstić information content (AvgIpc) is 2.78. The molecule has 1 amide bonds. The Kier molecular flexibility index (Phi) is 3.50. The van der Waals surface area contributed by atoms with Gasteiger partial charge in [0.25, 0.3) is 5.91 Å². The molecule has 16 heavy (non-hydrogen) atoms. The molecule has 1 unspecified atom stereocenters. The third-order valence-electron chi connectivity index (χ3n) is 2.43. The molecule has 88 valence electrons. The van der Waals surface area contributed by atoms with E-state index in [-0.39, 0.29) is 11.9 Å². The Labute approximate surface area is 98.4 Å². The second kappa shape index (κ2) is 4.88. The van der Waals surface area contributed by atoms with Gasteiger partial charge in [-0.1, -0.05) is 0 Å². The Morgan fingerprint density at radius 3 is 2.88 bits per heavy atom. The summed E-state index contributed by atoms with van der Waals surface area (Å²) in [6.07, 6.45) is 1.39. The molecule has 1 atom stereocenters. The zero-order chi connectivity index (χ0) is 11.5. The molecule has 2 heterocycles. The van der Waals surface area contributed by atoms with Crippen LogP contribution in [0.4, 0.5) is 0 Å². The fourth-order valence-corrected chi connectivity index (χ4v) is 2.43. The van der Waals surface area contributed by atoms with E-state index in [0.717, 1.165) is 24.6 Å². The standard InChI is InChI=1S/C10H15N3O2S/c1-7(11)9-12-8(6-15-9)10(14)13-2-4-16-5-3-13/h6-7H,2-5,11H2,1H3.